The molecule has 1 aliphatic carbocycles. The van der Waals surface area contributed by atoms with Gasteiger partial charge in [-0.3, -0.25) is 0 Å². The quantitative estimate of drug-likeness (QED) is 0.938. The van der Waals surface area contributed by atoms with E-state index in [4.69, 9.17) is 15.2 Å². The topological polar surface area (TPSA) is 44.5 Å². The minimum Gasteiger partial charge on any atom is -0.493 e. The van der Waals surface area contributed by atoms with E-state index in [0.717, 1.165) is 22.6 Å². The molecule has 0 bridgehead atoms. The molecule has 1 heterocycles. The number of fused-ring (bicyclic) bond motifs is 1. The Morgan fingerprint density at radius 1 is 1.10 bits per heavy atom. The summed E-state index contributed by atoms with van der Waals surface area (Å²) in [5.41, 5.74) is 10.2. The number of hydrogen-bond acceptors (Lipinski definition) is 4. The fourth-order valence-electron chi connectivity index (χ4n) is 2.99. The molecule has 21 heavy (non-hydrogen) atoms. The number of methoxy groups -OCH3 is 2. The first-order chi connectivity index (χ1) is 10.1. The van der Waals surface area contributed by atoms with Crippen LogP contribution in [0.25, 0.3) is 0 Å². The first-order valence-corrected chi connectivity index (χ1v) is 8.05. The van der Waals surface area contributed by atoms with Gasteiger partial charge in [-0.1, -0.05) is 0 Å². The Hall–Kier alpha value is -1.52. The molecule has 0 amide bonds. The van der Waals surface area contributed by atoms with Gasteiger partial charge in [0.1, 0.15) is 0 Å². The van der Waals surface area contributed by atoms with Gasteiger partial charge in [-0.25, -0.2) is 0 Å². The number of thiophene rings is 1. The van der Waals surface area contributed by atoms with E-state index >= 15 is 0 Å². The number of hydrogen-bond donors (Lipinski definition) is 1. The van der Waals surface area contributed by atoms with Gasteiger partial charge in [-0.2, -0.15) is 0 Å². The van der Waals surface area contributed by atoms with Crippen molar-refractivity contribution >= 4 is 11.3 Å². The molecule has 112 valence electrons. The fraction of sp³-hybridized carbons (Fsp3) is 0.412. The summed E-state index contributed by atoms with van der Waals surface area (Å²) >= 11 is 1.86. The van der Waals surface area contributed by atoms with Crippen molar-refractivity contribution < 1.29 is 9.47 Å². The van der Waals surface area contributed by atoms with Crippen molar-refractivity contribution in [3.63, 3.8) is 0 Å². The van der Waals surface area contributed by atoms with Crippen molar-refractivity contribution in [3.05, 3.63) is 44.6 Å². The van der Waals surface area contributed by atoms with Gasteiger partial charge in [-0.05, 0) is 61.1 Å². The molecule has 0 saturated carbocycles. The molecule has 0 aliphatic heterocycles. The molecule has 0 saturated heterocycles. The predicted octanol–water partition coefficient (Wildman–Crippen LogP) is 3.61. The van der Waals surface area contributed by atoms with E-state index < -0.39 is 0 Å². The first-order valence-electron chi connectivity index (χ1n) is 7.23. The summed E-state index contributed by atoms with van der Waals surface area (Å²) in [6, 6.07) is 6.19. The van der Waals surface area contributed by atoms with Crippen molar-refractivity contribution in [1.82, 2.24) is 0 Å². The van der Waals surface area contributed by atoms with Crippen molar-refractivity contribution in [2.75, 3.05) is 14.2 Å². The van der Waals surface area contributed by atoms with Gasteiger partial charge in [0.15, 0.2) is 11.5 Å². The van der Waals surface area contributed by atoms with Gasteiger partial charge in [0, 0.05) is 9.75 Å². The Morgan fingerprint density at radius 3 is 2.48 bits per heavy atom. The average Bonchev–Trinajstić information content (AvgIpc) is 3.07. The van der Waals surface area contributed by atoms with Crippen molar-refractivity contribution in [3.8, 4) is 11.5 Å². The molecule has 1 atom stereocenters. The highest BCUT2D eigenvalue weighted by atomic mass is 32.1. The molecule has 1 unspecified atom stereocenters. The van der Waals surface area contributed by atoms with Crippen molar-refractivity contribution in [2.45, 2.75) is 32.2 Å². The molecule has 1 aliphatic rings. The lowest BCUT2D eigenvalue weighted by atomic mass is 9.99. The van der Waals surface area contributed by atoms with Crippen LogP contribution in [0.1, 0.15) is 38.9 Å². The molecule has 2 aromatic rings. The number of aryl methyl sites for hydroxylation is 3. The maximum absolute atomic E-state index is 6.51. The molecule has 0 radical (unpaired) electrons. The molecule has 2 N–H and O–H groups in total. The van der Waals surface area contributed by atoms with Crippen LogP contribution in [-0.2, 0) is 12.8 Å². The Balaban J connectivity index is 1.98. The van der Waals surface area contributed by atoms with Gasteiger partial charge >= 0.3 is 0 Å². The molecule has 1 aromatic heterocycles. The van der Waals surface area contributed by atoms with Crippen LogP contribution in [-0.4, -0.2) is 14.2 Å². The lowest BCUT2D eigenvalue weighted by Crippen LogP contribution is -2.12. The van der Waals surface area contributed by atoms with E-state index in [1.165, 1.54) is 34.6 Å². The zero-order valence-electron chi connectivity index (χ0n) is 12.7. The fourth-order valence-corrected chi connectivity index (χ4v) is 4.27. The van der Waals surface area contributed by atoms with Crippen LogP contribution >= 0.6 is 11.3 Å². The normalized spacial score (nSPS) is 14.9. The van der Waals surface area contributed by atoms with Crippen molar-refractivity contribution in [1.29, 1.82) is 0 Å². The third-order valence-electron chi connectivity index (χ3n) is 4.18. The molecule has 0 fully saturated rings. The van der Waals surface area contributed by atoms with Gasteiger partial charge in [0.2, 0.25) is 0 Å². The highest BCUT2D eigenvalue weighted by Gasteiger charge is 2.21. The zero-order chi connectivity index (χ0) is 15.0. The van der Waals surface area contributed by atoms with Gasteiger partial charge < -0.3 is 15.2 Å². The number of nitrogens with two attached hydrogens (primary N) is 1. The van der Waals surface area contributed by atoms with E-state index in [1.807, 2.05) is 23.5 Å². The standard InChI is InChI=1S/C17H21NO2S/c1-10-7-13(19-2)14(20-3)9-12(10)17(18)16-8-11-5-4-6-15(11)21-16/h7-9,17H,4-6,18H2,1-3H3. The predicted molar refractivity (Wildman–Crippen MR) is 86.7 cm³/mol. The van der Waals surface area contributed by atoms with E-state index in [0.29, 0.717) is 0 Å². The molecule has 3 rings (SSSR count). The van der Waals surface area contributed by atoms with E-state index in [9.17, 15) is 0 Å². The summed E-state index contributed by atoms with van der Waals surface area (Å²) < 4.78 is 10.7. The minimum atomic E-state index is -0.0968. The summed E-state index contributed by atoms with van der Waals surface area (Å²) in [6.07, 6.45) is 3.69. The smallest absolute Gasteiger partial charge is 0.161 e. The second-order valence-corrected chi connectivity index (χ2v) is 6.66. The SMILES string of the molecule is COc1cc(C)c(C(N)c2cc3c(s2)CCC3)cc1OC. The Morgan fingerprint density at radius 2 is 1.81 bits per heavy atom. The summed E-state index contributed by atoms with van der Waals surface area (Å²) in [5.74, 6) is 1.48. The third kappa shape index (κ3) is 2.54. The van der Waals surface area contributed by atoms with E-state index in [2.05, 4.69) is 13.0 Å². The summed E-state index contributed by atoms with van der Waals surface area (Å²) in [5, 5.41) is 0. The molecule has 3 nitrogen and oxygen atoms in total. The maximum Gasteiger partial charge on any atom is 0.161 e. The van der Waals surface area contributed by atoms with E-state index in [1.54, 1.807) is 14.2 Å². The average molecular weight is 303 g/mol. The molecular weight excluding hydrogens is 282 g/mol. The monoisotopic (exact) mass is 303 g/mol. The molecule has 0 spiro atoms. The number of ether oxygens (including phenoxy) is 2. The van der Waals surface area contributed by atoms with Crippen LogP contribution < -0.4 is 15.2 Å². The second kappa shape index (κ2) is 5.70. The highest BCUT2D eigenvalue weighted by molar-refractivity contribution is 7.12. The Bertz CT molecular complexity index is 642. The maximum atomic E-state index is 6.51. The second-order valence-electron chi connectivity index (χ2n) is 5.49. The van der Waals surface area contributed by atoms with Crippen LogP contribution in [0.3, 0.4) is 0 Å². The molecule has 4 heteroatoms. The first kappa shape index (κ1) is 14.4. The van der Waals surface area contributed by atoms with Crippen LogP contribution in [0.2, 0.25) is 0 Å². The van der Waals surface area contributed by atoms with Crippen LogP contribution in [0.4, 0.5) is 0 Å². The summed E-state index contributed by atoms with van der Waals surface area (Å²) in [6.45, 7) is 2.07. The van der Waals surface area contributed by atoms with Gasteiger partial charge in [0.25, 0.3) is 0 Å². The van der Waals surface area contributed by atoms with Gasteiger partial charge in [0.05, 0.1) is 20.3 Å². The lowest BCUT2D eigenvalue weighted by molar-refractivity contribution is 0.354. The van der Waals surface area contributed by atoms with Crippen LogP contribution in [0.15, 0.2) is 18.2 Å². The van der Waals surface area contributed by atoms with Gasteiger partial charge in [-0.15, -0.1) is 11.3 Å². The third-order valence-corrected chi connectivity index (χ3v) is 5.50. The van der Waals surface area contributed by atoms with Crippen LogP contribution in [0, 0.1) is 6.92 Å². The largest absolute Gasteiger partial charge is 0.493 e. The zero-order valence-corrected chi connectivity index (χ0v) is 13.5. The Kier molecular flexibility index (Phi) is 3.91. The summed E-state index contributed by atoms with van der Waals surface area (Å²) in [7, 11) is 3.31. The van der Waals surface area contributed by atoms with Crippen LogP contribution in [0.5, 0.6) is 11.5 Å². The Labute approximate surface area is 129 Å². The molecular formula is C17H21NO2S. The minimum absolute atomic E-state index is 0.0968. The molecule has 1 aromatic carbocycles. The highest BCUT2D eigenvalue weighted by Crippen LogP contribution is 2.38. The number of rotatable bonds is 4. The van der Waals surface area contributed by atoms with E-state index in [-0.39, 0.29) is 6.04 Å². The van der Waals surface area contributed by atoms with Crippen molar-refractivity contribution in [2.24, 2.45) is 5.73 Å². The number of benzene rings is 1. The lowest BCUT2D eigenvalue weighted by Gasteiger charge is -2.17. The summed E-state index contributed by atoms with van der Waals surface area (Å²) in [4.78, 5) is 2.76.